The second kappa shape index (κ2) is 6.86. The van der Waals surface area contributed by atoms with E-state index < -0.39 is 0 Å². The first-order chi connectivity index (χ1) is 9.58. The van der Waals surface area contributed by atoms with Gasteiger partial charge in [-0.1, -0.05) is 19.1 Å². The Balaban J connectivity index is 1.85. The lowest BCUT2D eigenvalue weighted by Crippen LogP contribution is -2.48. The lowest BCUT2D eigenvalue weighted by atomic mass is 9.99. The van der Waals surface area contributed by atoms with Crippen LogP contribution in [0.2, 0.25) is 0 Å². The fourth-order valence-electron chi connectivity index (χ4n) is 2.70. The molecule has 1 aliphatic rings. The van der Waals surface area contributed by atoms with E-state index in [1.807, 2.05) is 12.1 Å². The summed E-state index contributed by atoms with van der Waals surface area (Å²) in [5.74, 6) is 0.0524. The first-order valence-corrected chi connectivity index (χ1v) is 7.47. The van der Waals surface area contributed by atoms with Crippen molar-refractivity contribution in [3.05, 3.63) is 29.8 Å². The van der Waals surface area contributed by atoms with Crippen LogP contribution in [0.3, 0.4) is 0 Å². The van der Waals surface area contributed by atoms with Gasteiger partial charge in [0.1, 0.15) is 0 Å². The van der Waals surface area contributed by atoms with Crippen molar-refractivity contribution in [2.24, 2.45) is 5.73 Å². The molecule has 1 heterocycles. The minimum Gasteiger partial charge on any atom is -0.328 e. The Bertz CT molecular complexity index is 444. The lowest BCUT2D eigenvalue weighted by Gasteiger charge is -2.35. The third-order valence-electron chi connectivity index (χ3n) is 4.05. The molecule has 20 heavy (non-hydrogen) atoms. The number of hydrogen-bond acceptors (Lipinski definition) is 3. The summed E-state index contributed by atoms with van der Waals surface area (Å²) in [7, 11) is 0. The Kier molecular flexibility index (Phi) is 5.15. The molecule has 110 valence electrons. The molecule has 0 aliphatic carbocycles. The fraction of sp³-hybridized carbons (Fsp3) is 0.562. The van der Waals surface area contributed by atoms with Gasteiger partial charge in [0.25, 0.3) is 0 Å². The van der Waals surface area contributed by atoms with Crippen LogP contribution in [-0.4, -0.2) is 36.0 Å². The van der Waals surface area contributed by atoms with Gasteiger partial charge in [-0.05, 0) is 43.9 Å². The Hall–Kier alpha value is -1.39. The minimum absolute atomic E-state index is 0.0524. The molecule has 1 aliphatic heterocycles. The molecule has 2 rings (SSSR count). The van der Waals surface area contributed by atoms with E-state index in [-0.39, 0.29) is 11.9 Å². The highest BCUT2D eigenvalue weighted by molar-refractivity contribution is 5.92. The maximum Gasteiger partial charge on any atom is 0.238 e. The molecule has 0 bridgehead atoms. The van der Waals surface area contributed by atoms with E-state index in [9.17, 15) is 4.79 Å². The number of piperidine rings is 1. The molecule has 4 nitrogen and oxygen atoms in total. The summed E-state index contributed by atoms with van der Waals surface area (Å²) in [4.78, 5) is 14.3. The van der Waals surface area contributed by atoms with Gasteiger partial charge < -0.3 is 11.1 Å². The van der Waals surface area contributed by atoms with Crippen LogP contribution in [0.15, 0.2) is 24.3 Å². The maximum absolute atomic E-state index is 12.1. The van der Waals surface area contributed by atoms with Crippen LogP contribution in [-0.2, 0) is 11.2 Å². The zero-order valence-corrected chi connectivity index (χ0v) is 12.4. The molecule has 1 aromatic carbocycles. The predicted molar refractivity (Wildman–Crippen MR) is 82.7 cm³/mol. The molecule has 0 spiro atoms. The molecule has 2 unspecified atom stereocenters. The van der Waals surface area contributed by atoms with E-state index in [1.165, 1.54) is 5.56 Å². The van der Waals surface area contributed by atoms with Crippen LogP contribution in [0.25, 0.3) is 0 Å². The Morgan fingerprint density at radius 1 is 1.40 bits per heavy atom. The van der Waals surface area contributed by atoms with Crippen molar-refractivity contribution in [2.75, 3.05) is 18.4 Å². The van der Waals surface area contributed by atoms with E-state index in [1.54, 1.807) is 0 Å². The van der Waals surface area contributed by atoms with Crippen LogP contribution < -0.4 is 11.1 Å². The van der Waals surface area contributed by atoms with Gasteiger partial charge in [0, 0.05) is 24.3 Å². The minimum atomic E-state index is 0.0524. The molecule has 1 aromatic rings. The summed E-state index contributed by atoms with van der Waals surface area (Å²) < 4.78 is 0. The number of anilines is 1. The number of nitrogens with zero attached hydrogens (tertiary/aromatic N) is 1. The molecule has 4 heteroatoms. The topological polar surface area (TPSA) is 58.4 Å². The van der Waals surface area contributed by atoms with Gasteiger partial charge in [0.05, 0.1) is 6.54 Å². The standard InChI is InChI=1S/C16H25N3O/c1-3-13-4-6-15(7-5-13)18-16(20)11-19-9-8-14(17)10-12(19)2/h4-7,12,14H,3,8-11,17H2,1-2H3,(H,18,20). The van der Waals surface area contributed by atoms with E-state index in [0.717, 1.165) is 31.5 Å². The molecule has 1 saturated heterocycles. The summed E-state index contributed by atoms with van der Waals surface area (Å²) in [6.45, 7) is 5.62. The van der Waals surface area contributed by atoms with Gasteiger partial charge in [0.2, 0.25) is 5.91 Å². The molecule has 1 amide bonds. The number of amides is 1. The number of aryl methyl sites for hydroxylation is 1. The predicted octanol–water partition coefficient (Wildman–Crippen LogP) is 2.00. The van der Waals surface area contributed by atoms with Crippen LogP contribution in [0.1, 0.15) is 32.3 Å². The monoisotopic (exact) mass is 275 g/mol. The van der Waals surface area contributed by atoms with Crippen LogP contribution in [0.5, 0.6) is 0 Å². The van der Waals surface area contributed by atoms with Gasteiger partial charge in [-0.2, -0.15) is 0 Å². The normalized spacial score (nSPS) is 23.6. The van der Waals surface area contributed by atoms with E-state index in [0.29, 0.717) is 12.6 Å². The average Bonchev–Trinajstić information content (AvgIpc) is 2.43. The zero-order chi connectivity index (χ0) is 14.5. The van der Waals surface area contributed by atoms with E-state index in [2.05, 4.69) is 36.2 Å². The van der Waals surface area contributed by atoms with Gasteiger partial charge in [-0.15, -0.1) is 0 Å². The molecule has 0 saturated carbocycles. The first-order valence-electron chi connectivity index (χ1n) is 7.47. The summed E-state index contributed by atoms with van der Waals surface area (Å²) in [6, 6.07) is 8.70. The molecule has 3 N–H and O–H groups in total. The van der Waals surface area contributed by atoms with Crippen molar-refractivity contribution in [2.45, 2.75) is 45.2 Å². The number of nitrogens with two attached hydrogens (primary N) is 1. The second-order valence-corrected chi connectivity index (χ2v) is 5.70. The highest BCUT2D eigenvalue weighted by Gasteiger charge is 2.24. The summed E-state index contributed by atoms with van der Waals surface area (Å²) >= 11 is 0. The van der Waals surface area contributed by atoms with Crippen molar-refractivity contribution < 1.29 is 4.79 Å². The van der Waals surface area contributed by atoms with Crippen LogP contribution >= 0.6 is 0 Å². The number of carbonyl (C=O) groups excluding carboxylic acids is 1. The highest BCUT2D eigenvalue weighted by Crippen LogP contribution is 2.16. The van der Waals surface area contributed by atoms with Crippen molar-refractivity contribution in [3.8, 4) is 0 Å². The SMILES string of the molecule is CCc1ccc(NC(=O)CN2CCC(N)CC2C)cc1. The average molecular weight is 275 g/mol. The van der Waals surface area contributed by atoms with Crippen LogP contribution in [0, 0.1) is 0 Å². The summed E-state index contributed by atoms with van der Waals surface area (Å²) in [6.07, 6.45) is 2.96. The number of benzene rings is 1. The number of hydrogen-bond donors (Lipinski definition) is 2. The second-order valence-electron chi connectivity index (χ2n) is 5.70. The lowest BCUT2D eigenvalue weighted by molar-refractivity contribution is -0.118. The fourth-order valence-corrected chi connectivity index (χ4v) is 2.70. The molecule has 0 aromatic heterocycles. The van der Waals surface area contributed by atoms with Gasteiger partial charge in [-0.25, -0.2) is 0 Å². The number of likely N-dealkylation sites (tertiary alicyclic amines) is 1. The van der Waals surface area contributed by atoms with Crippen molar-refractivity contribution in [1.82, 2.24) is 4.90 Å². The smallest absolute Gasteiger partial charge is 0.238 e. The Morgan fingerprint density at radius 2 is 2.10 bits per heavy atom. The van der Waals surface area contributed by atoms with Crippen molar-refractivity contribution in [1.29, 1.82) is 0 Å². The Morgan fingerprint density at radius 3 is 2.70 bits per heavy atom. The van der Waals surface area contributed by atoms with Crippen molar-refractivity contribution in [3.63, 3.8) is 0 Å². The van der Waals surface area contributed by atoms with Gasteiger partial charge in [-0.3, -0.25) is 9.69 Å². The molecule has 2 atom stereocenters. The third kappa shape index (κ3) is 4.05. The van der Waals surface area contributed by atoms with Crippen LogP contribution in [0.4, 0.5) is 5.69 Å². The first kappa shape index (κ1) is 15.0. The molecular formula is C16H25N3O. The summed E-state index contributed by atoms with van der Waals surface area (Å²) in [5.41, 5.74) is 8.09. The number of nitrogens with one attached hydrogen (secondary N) is 1. The van der Waals surface area contributed by atoms with Gasteiger partial charge >= 0.3 is 0 Å². The van der Waals surface area contributed by atoms with Crippen molar-refractivity contribution >= 4 is 11.6 Å². The number of rotatable bonds is 4. The van der Waals surface area contributed by atoms with E-state index >= 15 is 0 Å². The zero-order valence-electron chi connectivity index (χ0n) is 12.4. The van der Waals surface area contributed by atoms with E-state index in [4.69, 9.17) is 5.73 Å². The quantitative estimate of drug-likeness (QED) is 0.883. The molecule has 1 fully saturated rings. The largest absolute Gasteiger partial charge is 0.328 e. The maximum atomic E-state index is 12.1. The highest BCUT2D eigenvalue weighted by atomic mass is 16.2. The molecule has 0 radical (unpaired) electrons. The molecular weight excluding hydrogens is 250 g/mol. The number of carbonyl (C=O) groups is 1. The van der Waals surface area contributed by atoms with Gasteiger partial charge in [0.15, 0.2) is 0 Å². The third-order valence-corrected chi connectivity index (χ3v) is 4.05. The Labute approximate surface area is 121 Å². The summed E-state index contributed by atoms with van der Waals surface area (Å²) in [5, 5.41) is 2.96.